The Morgan fingerprint density at radius 2 is 1.88 bits per heavy atom. The van der Waals surface area contributed by atoms with Crippen molar-refractivity contribution in [2.24, 2.45) is 0 Å². The molecule has 7 heteroatoms. The number of benzene rings is 2. The number of carbonyl (C=O) groups is 3. The molecule has 3 rings (SSSR count). The van der Waals surface area contributed by atoms with Crippen LogP contribution in [0.4, 0.5) is 11.4 Å². The molecule has 134 valence electrons. The minimum Gasteiger partial charge on any atom is -0.465 e. The summed E-state index contributed by atoms with van der Waals surface area (Å²) < 4.78 is 3.37. The molecule has 0 saturated carbocycles. The van der Waals surface area contributed by atoms with Gasteiger partial charge in [-0.3, -0.25) is 9.59 Å². The van der Waals surface area contributed by atoms with E-state index < -0.39 is 16.6 Å². The molecule has 2 amide bonds. The van der Waals surface area contributed by atoms with Gasteiger partial charge < -0.3 is 15.0 Å². The van der Waals surface area contributed by atoms with Gasteiger partial charge in [0.25, 0.3) is 5.91 Å². The van der Waals surface area contributed by atoms with Crippen LogP contribution in [0.25, 0.3) is 0 Å². The SMILES string of the molecule is COC(=O)c1cccc(NC(=O)C2(C)Sc3ccccc3N(C)C2=O)c1. The van der Waals surface area contributed by atoms with Gasteiger partial charge in [0.05, 0.1) is 18.4 Å². The molecule has 1 N–H and O–H groups in total. The molecule has 0 bridgehead atoms. The number of fused-ring (bicyclic) bond motifs is 1. The number of methoxy groups -OCH3 is 1. The molecule has 0 aliphatic carbocycles. The summed E-state index contributed by atoms with van der Waals surface area (Å²) in [5.41, 5.74) is 1.52. The number of ether oxygens (including phenoxy) is 1. The van der Waals surface area contributed by atoms with Crippen molar-refractivity contribution in [1.29, 1.82) is 0 Å². The van der Waals surface area contributed by atoms with E-state index in [4.69, 9.17) is 0 Å². The Kier molecular flexibility index (Phi) is 4.73. The van der Waals surface area contributed by atoms with Crippen LogP contribution in [0.1, 0.15) is 17.3 Å². The molecule has 1 aliphatic heterocycles. The molecule has 1 unspecified atom stereocenters. The Hall–Kier alpha value is -2.80. The zero-order valence-corrected chi connectivity index (χ0v) is 15.4. The standard InChI is InChI=1S/C19H18N2O4S/c1-19(18(24)21(2)14-9-4-5-10-15(14)26-19)17(23)20-13-8-6-7-12(11-13)16(22)25-3/h4-11H,1-3H3,(H,20,23). The fourth-order valence-electron chi connectivity index (χ4n) is 2.75. The van der Waals surface area contributed by atoms with Crippen molar-refractivity contribution in [3.8, 4) is 0 Å². The monoisotopic (exact) mass is 370 g/mol. The van der Waals surface area contributed by atoms with Crippen LogP contribution in [0.2, 0.25) is 0 Å². The highest BCUT2D eigenvalue weighted by Gasteiger charge is 2.48. The number of thioether (sulfide) groups is 1. The minimum absolute atomic E-state index is 0.303. The summed E-state index contributed by atoms with van der Waals surface area (Å²) in [4.78, 5) is 39.7. The lowest BCUT2D eigenvalue weighted by Gasteiger charge is -2.36. The molecule has 2 aromatic rings. The smallest absolute Gasteiger partial charge is 0.337 e. The number of amides is 2. The Morgan fingerprint density at radius 1 is 1.15 bits per heavy atom. The van der Waals surface area contributed by atoms with Gasteiger partial charge in [0.15, 0.2) is 4.75 Å². The summed E-state index contributed by atoms with van der Waals surface area (Å²) in [5.74, 6) is -1.25. The molecular formula is C19H18N2O4S. The summed E-state index contributed by atoms with van der Waals surface area (Å²) in [7, 11) is 2.95. The number of esters is 1. The van der Waals surface area contributed by atoms with Crippen molar-refractivity contribution in [3.63, 3.8) is 0 Å². The lowest BCUT2D eigenvalue weighted by atomic mass is 10.1. The van der Waals surface area contributed by atoms with E-state index in [1.807, 2.05) is 24.3 Å². The summed E-state index contributed by atoms with van der Waals surface area (Å²) in [6, 6.07) is 13.9. The predicted octanol–water partition coefficient (Wildman–Crippen LogP) is 2.94. The number of nitrogens with one attached hydrogen (secondary N) is 1. The van der Waals surface area contributed by atoms with E-state index in [9.17, 15) is 14.4 Å². The van der Waals surface area contributed by atoms with Crippen LogP contribution >= 0.6 is 11.8 Å². The van der Waals surface area contributed by atoms with Crippen LogP contribution in [0.15, 0.2) is 53.4 Å². The molecule has 0 saturated heterocycles. The fourth-order valence-corrected chi connectivity index (χ4v) is 4.01. The van der Waals surface area contributed by atoms with E-state index in [0.29, 0.717) is 11.3 Å². The van der Waals surface area contributed by atoms with Crippen molar-refractivity contribution in [1.82, 2.24) is 0 Å². The zero-order chi connectivity index (χ0) is 18.9. The maximum Gasteiger partial charge on any atom is 0.337 e. The summed E-state index contributed by atoms with van der Waals surface area (Å²) in [6.45, 7) is 1.60. The topological polar surface area (TPSA) is 75.7 Å². The first-order chi connectivity index (χ1) is 12.4. The van der Waals surface area contributed by atoms with Crippen molar-refractivity contribution in [2.75, 3.05) is 24.4 Å². The third kappa shape index (κ3) is 3.06. The maximum atomic E-state index is 12.9. The van der Waals surface area contributed by atoms with Gasteiger partial charge in [0.1, 0.15) is 0 Å². The Balaban J connectivity index is 1.88. The third-order valence-corrected chi connectivity index (χ3v) is 5.56. The first-order valence-electron chi connectivity index (χ1n) is 7.93. The van der Waals surface area contributed by atoms with Gasteiger partial charge in [-0.1, -0.05) is 30.0 Å². The quantitative estimate of drug-likeness (QED) is 0.664. The van der Waals surface area contributed by atoms with Crippen LogP contribution < -0.4 is 10.2 Å². The van der Waals surface area contributed by atoms with Crippen LogP contribution in [0.3, 0.4) is 0 Å². The first kappa shape index (κ1) is 18.0. The maximum absolute atomic E-state index is 12.9. The van der Waals surface area contributed by atoms with Crippen LogP contribution in [0, 0.1) is 0 Å². The van der Waals surface area contributed by atoms with E-state index in [1.54, 1.807) is 32.2 Å². The lowest BCUT2D eigenvalue weighted by molar-refractivity contribution is -0.128. The molecule has 1 heterocycles. The van der Waals surface area contributed by atoms with E-state index in [0.717, 1.165) is 10.6 Å². The van der Waals surface area contributed by atoms with Gasteiger partial charge in [-0.2, -0.15) is 0 Å². The third-order valence-electron chi connectivity index (χ3n) is 4.23. The second kappa shape index (κ2) is 6.84. The molecule has 0 radical (unpaired) electrons. The van der Waals surface area contributed by atoms with E-state index in [2.05, 4.69) is 10.1 Å². The molecule has 26 heavy (non-hydrogen) atoms. The lowest BCUT2D eigenvalue weighted by Crippen LogP contribution is -2.53. The number of nitrogens with zero attached hydrogens (tertiary/aromatic N) is 1. The molecule has 2 aromatic carbocycles. The van der Waals surface area contributed by atoms with Gasteiger partial charge in [0, 0.05) is 17.6 Å². The van der Waals surface area contributed by atoms with Crippen molar-refractivity contribution >= 4 is 40.9 Å². The Labute approximate surface area is 155 Å². The second-order valence-electron chi connectivity index (χ2n) is 5.99. The van der Waals surface area contributed by atoms with E-state index >= 15 is 0 Å². The molecular weight excluding hydrogens is 352 g/mol. The molecule has 0 spiro atoms. The summed E-state index contributed by atoms with van der Waals surface area (Å²) in [5, 5.41) is 2.74. The second-order valence-corrected chi connectivity index (χ2v) is 7.45. The van der Waals surface area contributed by atoms with E-state index in [-0.39, 0.29) is 5.91 Å². The number of carbonyl (C=O) groups excluding carboxylic acids is 3. The van der Waals surface area contributed by atoms with Gasteiger partial charge in [-0.25, -0.2) is 4.79 Å². The average Bonchev–Trinajstić information content (AvgIpc) is 2.65. The number of hydrogen-bond acceptors (Lipinski definition) is 5. The number of rotatable bonds is 3. The largest absolute Gasteiger partial charge is 0.465 e. The number of anilines is 2. The van der Waals surface area contributed by atoms with Crippen LogP contribution in [0.5, 0.6) is 0 Å². The normalized spacial score (nSPS) is 18.9. The highest BCUT2D eigenvalue weighted by atomic mass is 32.2. The van der Waals surface area contributed by atoms with Gasteiger partial charge in [0.2, 0.25) is 5.91 Å². The van der Waals surface area contributed by atoms with Crippen molar-refractivity contribution < 1.29 is 19.1 Å². The van der Waals surface area contributed by atoms with Crippen molar-refractivity contribution in [3.05, 3.63) is 54.1 Å². The highest BCUT2D eigenvalue weighted by molar-refractivity contribution is 8.02. The summed E-state index contributed by atoms with van der Waals surface area (Å²) >= 11 is 1.22. The predicted molar refractivity (Wildman–Crippen MR) is 101 cm³/mol. The Morgan fingerprint density at radius 3 is 2.62 bits per heavy atom. The van der Waals surface area contributed by atoms with Gasteiger partial charge in [-0.15, -0.1) is 0 Å². The molecule has 1 atom stereocenters. The van der Waals surface area contributed by atoms with Crippen LogP contribution in [-0.2, 0) is 14.3 Å². The van der Waals surface area contributed by atoms with Crippen LogP contribution in [-0.4, -0.2) is 36.7 Å². The zero-order valence-electron chi connectivity index (χ0n) is 14.6. The number of para-hydroxylation sites is 1. The Bertz CT molecular complexity index is 899. The first-order valence-corrected chi connectivity index (χ1v) is 8.74. The minimum atomic E-state index is -1.32. The molecule has 0 fully saturated rings. The summed E-state index contributed by atoms with van der Waals surface area (Å²) in [6.07, 6.45) is 0. The van der Waals surface area contributed by atoms with Crippen molar-refractivity contribution in [2.45, 2.75) is 16.6 Å². The van der Waals surface area contributed by atoms with Gasteiger partial charge in [-0.05, 0) is 37.3 Å². The molecule has 6 nitrogen and oxygen atoms in total. The highest BCUT2D eigenvalue weighted by Crippen LogP contribution is 2.45. The van der Waals surface area contributed by atoms with Gasteiger partial charge >= 0.3 is 5.97 Å². The average molecular weight is 370 g/mol. The molecule has 1 aliphatic rings. The number of hydrogen-bond donors (Lipinski definition) is 1. The fraction of sp³-hybridized carbons (Fsp3) is 0.211. The van der Waals surface area contributed by atoms with E-state index in [1.165, 1.54) is 29.8 Å². The molecule has 0 aromatic heterocycles.